The fourth-order valence-corrected chi connectivity index (χ4v) is 3.13. The van der Waals surface area contributed by atoms with E-state index in [0.29, 0.717) is 6.04 Å². The first kappa shape index (κ1) is 15.4. The highest BCUT2D eigenvalue weighted by atomic mass is 79.9. The molecule has 1 heterocycles. The molecule has 0 radical (unpaired) electrons. The van der Waals surface area contributed by atoms with Crippen molar-refractivity contribution < 1.29 is 9.53 Å². The summed E-state index contributed by atoms with van der Waals surface area (Å²) in [6.07, 6.45) is 4.37. The molecule has 0 N–H and O–H groups in total. The third kappa shape index (κ3) is 3.75. The molecule has 0 saturated carbocycles. The Kier molecular flexibility index (Phi) is 5.89. The van der Waals surface area contributed by atoms with Crippen molar-refractivity contribution in [3.8, 4) is 5.75 Å². The molecule has 1 aromatic rings. The molecule has 110 valence electrons. The lowest BCUT2D eigenvalue weighted by atomic mass is 10.1. The van der Waals surface area contributed by atoms with Crippen molar-refractivity contribution in [3.05, 3.63) is 29.8 Å². The molecule has 1 aliphatic rings. The van der Waals surface area contributed by atoms with Gasteiger partial charge in [-0.1, -0.05) is 29.3 Å². The molecule has 4 heteroatoms. The van der Waals surface area contributed by atoms with Gasteiger partial charge in [-0.05, 0) is 43.5 Å². The first-order valence-corrected chi connectivity index (χ1v) is 8.48. The van der Waals surface area contributed by atoms with Gasteiger partial charge < -0.3 is 9.64 Å². The van der Waals surface area contributed by atoms with Gasteiger partial charge in [-0.2, -0.15) is 0 Å². The molecule has 20 heavy (non-hydrogen) atoms. The molecule has 3 nitrogen and oxygen atoms in total. The topological polar surface area (TPSA) is 29.5 Å². The van der Waals surface area contributed by atoms with E-state index in [4.69, 9.17) is 4.74 Å². The average molecular weight is 340 g/mol. The predicted molar refractivity (Wildman–Crippen MR) is 84.7 cm³/mol. The Morgan fingerprint density at radius 1 is 1.40 bits per heavy atom. The highest BCUT2D eigenvalue weighted by Crippen LogP contribution is 2.22. The number of nitrogens with zero attached hydrogens (tertiary/aromatic N) is 1. The maximum Gasteiger partial charge on any atom is 0.254 e. The van der Waals surface area contributed by atoms with Gasteiger partial charge in [0.1, 0.15) is 5.75 Å². The van der Waals surface area contributed by atoms with Crippen molar-refractivity contribution in [2.45, 2.75) is 38.6 Å². The minimum atomic E-state index is 0.132. The number of hydrogen-bond acceptors (Lipinski definition) is 2. The second kappa shape index (κ2) is 7.67. The van der Waals surface area contributed by atoms with E-state index in [0.717, 1.165) is 55.5 Å². The van der Waals surface area contributed by atoms with Gasteiger partial charge in [-0.3, -0.25) is 4.79 Å². The lowest BCUT2D eigenvalue weighted by Gasteiger charge is -2.23. The Hall–Kier alpha value is -1.03. The van der Waals surface area contributed by atoms with Gasteiger partial charge in [0.2, 0.25) is 0 Å². The second-order valence-corrected chi connectivity index (χ2v) is 5.82. The van der Waals surface area contributed by atoms with Crippen LogP contribution in [-0.2, 0) is 0 Å². The van der Waals surface area contributed by atoms with Crippen LogP contribution in [-0.4, -0.2) is 35.3 Å². The fraction of sp³-hybridized carbons (Fsp3) is 0.562. The van der Waals surface area contributed by atoms with Crippen molar-refractivity contribution in [1.82, 2.24) is 4.90 Å². The predicted octanol–water partition coefficient (Wildman–Crippen LogP) is 3.87. The summed E-state index contributed by atoms with van der Waals surface area (Å²) in [5, 5.41) is 0.858. The summed E-state index contributed by atoms with van der Waals surface area (Å²) < 4.78 is 5.62. The number of amides is 1. The molecule has 0 spiro atoms. The monoisotopic (exact) mass is 339 g/mol. The van der Waals surface area contributed by atoms with E-state index in [-0.39, 0.29) is 5.91 Å². The van der Waals surface area contributed by atoms with E-state index in [9.17, 15) is 4.79 Å². The standard InChI is InChI=1S/C16H22BrNO2/c1-2-3-11-20-15-8-6-13(7-9-15)16(19)18-10-4-5-14(18)12-17/h6-9,14H,2-5,10-12H2,1H3. The van der Waals surface area contributed by atoms with E-state index in [2.05, 4.69) is 22.9 Å². The Bertz CT molecular complexity index is 433. The quantitative estimate of drug-likeness (QED) is 0.581. The van der Waals surface area contributed by atoms with Crippen LogP contribution in [0, 0.1) is 0 Å². The van der Waals surface area contributed by atoms with Gasteiger partial charge in [0, 0.05) is 23.5 Å². The van der Waals surface area contributed by atoms with Gasteiger partial charge in [0.25, 0.3) is 5.91 Å². The van der Waals surface area contributed by atoms with Crippen LogP contribution < -0.4 is 4.74 Å². The van der Waals surface area contributed by atoms with Gasteiger partial charge in [0.15, 0.2) is 0 Å². The SMILES string of the molecule is CCCCOc1ccc(C(=O)N2CCCC2CBr)cc1. The normalized spacial score (nSPS) is 18.3. The number of halogens is 1. The van der Waals surface area contributed by atoms with Gasteiger partial charge in [0.05, 0.1) is 6.61 Å². The Morgan fingerprint density at radius 2 is 2.15 bits per heavy atom. The summed E-state index contributed by atoms with van der Waals surface area (Å²) in [7, 11) is 0. The van der Waals surface area contributed by atoms with E-state index in [1.165, 1.54) is 0 Å². The van der Waals surface area contributed by atoms with Gasteiger partial charge in [-0.15, -0.1) is 0 Å². The summed E-state index contributed by atoms with van der Waals surface area (Å²) in [6.45, 7) is 3.74. The van der Waals surface area contributed by atoms with Crippen molar-refractivity contribution in [2.24, 2.45) is 0 Å². The number of benzene rings is 1. The molecule has 2 rings (SSSR count). The first-order valence-electron chi connectivity index (χ1n) is 7.36. The minimum absolute atomic E-state index is 0.132. The molecule has 0 aromatic heterocycles. The maximum absolute atomic E-state index is 12.5. The number of unbranched alkanes of at least 4 members (excludes halogenated alkanes) is 1. The van der Waals surface area contributed by atoms with E-state index in [1.807, 2.05) is 29.2 Å². The molecule has 1 aromatic carbocycles. The van der Waals surface area contributed by atoms with Crippen molar-refractivity contribution >= 4 is 21.8 Å². The molecule has 1 aliphatic heterocycles. The zero-order valence-electron chi connectivity index (χ0n) is 12.0. The van der Waals surface area contributed by atoms with Crippen LogP contribution in [0.1, 0.15) is 43.0 Å². The number of ether oxygens (including phenoxy) is 1. The molecule has 1 fully saturated rings. The fourth-order valence-electron chi connectivity index (χ4n) is 2.46. The highest BCUT2D eigenvalue weighted by molar-refractivity contribution is 9.09. The molecule has 1 saturated heterocycles. The van der Waals surface area contributed by atoms with Crippen molar-refractivity contribution in [1.29, 1.82) is 0 Å². The molecular weight excluding hydrogens is 318 g/mol. The maximum atomic E-state index is 12.5. The zero-order valence-corrected chi connectivity index (χ0v) is 13.6. The van der Waals surface area contributed by atoms with Crippen LogP contribution in [0.15, 0.2) is 24.3 Å². The summed E-state index contributed by atoms with van der Waals surface area (Å²) in [6, 6.07) is 7.85. The Balaban J connectivity index is 1.96. The van der Waals surface area contributed by atoms with Crippen molar-refractivity contribution in [3.63, 3.8) is 0 Å². The van der Waals surface area contributed by atoms with E-state index < -0.39 is 0 Å². The molecule has 1 amide bonds. The Morgan fingerprint density at radius 3 is 2.80 bits per heavy atom. The molecule has 0 aliphatic carbocycles. The number of carbonyl (C=O) groups is 1. The van der Waals surface area contributed by atoms with Gasteiger partial charge >= 0.3 is 0 Å². The first-order chi connectivity index (χ1) is 9.76. The summed E-state index contributed by atoms with van der Waals surface area (Å²) in [4.78, 5) is 14.4. The van der Waals surface area contributed by atoms with Crippen LogP contribution in [0.25, 0.3) is 0 Å². The number of hydrogen-bond donors (Lipinski definition) is 0. The summed E-state index contributed by atoms with van der Waals surface area (Å²) in [5.74, 6) is 0.973. The highest BCUT2D eigenvalue weighted by Gasteiger charge is 2.28. The summed E-state index contributed by atoms with van der Waals surface area (Å²) in [5.41, 5.74) is 0.751. The second-order valence-electron chi connectivity index (χ2n) is 5.18. The van der Waals surface area contributed by atoms with Gasteiger partial charge in [-0.25, -0.2) is 0 Å². The van der Waals surface area contributed by atoms with Crippen LogP contribution in [0.5, 0.6) is 5.75 Å². The van der Waals surface area contributed by atoms with Crippen molar-refractivity contribution in [2.75, 3.05) is 18.5 Å². The van der Waals surface area contributed by atoms with Crippen LogP contribution >= 0.6 is 15.9 Å². The minimum Gasteiger partial charge on any atom is -0.494 e. The molecule has 0 bridgehead atoms. The zero-order chi connectivity index (χ0) is 14.4. The lowest BCUT2D eigenvalue weighted by molar-refractivity contribution is 0.0750. The largest absolute Gasteiger partial charge is 0.494 e. The lowest BCUT2D eigenvalue weighted by Crippen LogP contribution is -2.36. The third-order valence-electron chi connectivity index (χ3n) is 3.68. The smallest absolute Gasteiger partial charge is 0.254 e. The number of rotatable bonds is 6. The molecule has 1 atom stereocenters. The molecule has 1 unspecified atom stereocenters. The van der Waals surface area contributed by atoms with Crippen LogP contribution in [0.3, 0.4) is 0 Å². The van der Waals surface area contributed by atoms with E-state index in [1.54, 1.807) is 0 Å². The number of alkyl halides is 1. The number of carbonyl (C=O) groups excluding carboxylic acids is 1. The van der Waals surface area contributed by atoms with Crippen LogP contribution in [0.2, 0.25) is 0 Å². The average Bonchev–Trinajstić information content (AvgIpc) is 2.96. The number of likely N-dealkylation sites (tertiary alicyclic amines) is 1. The Labute approximate surface area is 129 Å². The van der Waals surface area contributed by atoms with E-state index >= 15 is 0 Å². The summed E-state index contributed by atoms with van der Waals surface area (Å²) >= 11 is 3.49. The van der Waals surface area contributed by atoms with Crippen LogP contribution in [0.4, 0.5) is 0 Å². The molecular formula is C16H22BrNO2. The third-order valence-corrected chi connectivity index (χ3v) is 4.43.